The van der Waals surface area contributed by atoms with Crippen LogP contribution in [0.5, 0.6) is 5.75 Å². The van der Waals surface area contributed by atoms with Gasteiger partial charge in [-0.3, -0.25) is 10.2 Å². The largest absolute Gasteiger partial charge is 0.494 e. The van der Waals surface area contributed by atoms with Crippen LogP contribution >= 0.6 is 11.6 Å². The number of benzene rings is 1. The molecule has 5 nitrogen and oxygen atoms in total. The molecule has 0 aliphatic heterocycles. The molecule has 0 fully saturated rings. The minimum Gasteiger partial charge on any atom is -0.494 e. The van der Waals surface area contributed by atoms with Crippen molar-refractivity contribution < 1.29 is 14.4 Å². The Kier molecular flexibility index (Phi) is 6.74. The first-order valence-electron chi connectivity index (χ1n) is 6.02. The fourth-order valence-corrected chi connectivity index (χ4v) is 1.25. The first-order valence-corrected chi connectivity index (χ1v) is 6.40. The maximum atomic E-state index is 11.3. The molecule has 1 aromatic rings. The molecule has 1 rings (SSSR count). The second kappa shape index (κ2) is 8.37. The number of hydrogen-bond donors (Lipinski definition) is 1. The third-order valence-corrected chi connectivity index (χ3v) is 2.19. The van der Waals surface area contributed by atoms with Gasteiger partial charge in [-0.25, -0.2) is 4.79 Å². The average Bonchev–Trinajstić information content (AvgIpc) is 2.39. The molecule has 0 radical (unpaired) electrons. The Labute approximate surface area is 117 Å². The molecule has 104 valence electrons. The van der Waals surface area contributed by atoms with Gasteiger partial charge in [-0.1, -0.05) is 30.1 Å². The number of nitrogens with zero attached hydrogens (tertiary/aromatic N) is 1. The van der Waals surface area contributed by atoms with E-state index in [1.54, 1.807) is 24.3 Å². The third kappa shape index (κ3) is 6.67. The summed E-state index contributed by atoms with van der Waals surface area (Å²) in [5.74, 6) is 0.766. The van der Waals surface area contributed by atoms with Crippen LogP contribution < -0.4 is 10.1 Å². The predicted molar refractivity (Wildman–Crippen MR) is 75.9 cm³/mol. The van der Waals surface area contributed by atoms with E-state index in [0.717, 1.165) is 18.6 Å². The smallest absolute Gasteiger partial charge is 0.437 e. The highest BCUT2D eigenvalue weighted by atomic mass is 35.5. The van der Waals surface area contributed by atoms with Gasteiger partial charge in [0.25, 0.3) is 0 Å². The zero-order valence-corrected chi connectivity index (χ0v) is 11.7. The number of hydrogen-bond acceptors (Lipinski definition) is 4. The van der Waals surface area contributed by atoms with Gasteiger partial charge in [0, 0.05) is 5.69 Å². The van der Waals surface area contributed by atoms with Crippen LogP contribution in [-0.4, -0.2) is 17.9 Å². The molecule has 0 saturated heterocycles. The summed E-state index contributed by atoms with van der Waals surface area (Å²) in [6.07, 6.45) is 1.41. The molecule has 6 heteroatoms. The van der Waals surface area contributed by atoms with Gasteiger partial charge in [-0.05, 0) is 37.6 Å². The van der Waals surface area contributed by atoms with Crippen molar-refractivity contribution in [2.75, 3.05) is 11.9 Å². The Balaban J connectivity index is 2.43. The van der Waals surface area contributed by atoms with E-state index in [2.05, 4.69) is 22.2 Å². The first-order chi connectivity index (χ1) is 9.11. The summed E-state index contributed by atoms with van der Waals surface area (Å²) in [4.78, 5) is 15.8. The van der Waals surface area contributed by atoms with Gasteiger partial charge in [-0.15, -0.1) is 0 Å². The average molecular weight is 285 g/mol. The Morgan fingerprint density at radius 3 is 2.63 bits per heavy atom. The number of carbonyl (C=O) groups is 1. The summed E-state index contributed by atoms with van der Waals surface area (Å²) >= 11 is 5.43. The number of oxime groups is 1. The van der Waals surface area contributed by atoms with Gasteiger partial charge < -0.3 is 4.74 Å². The lowest BCUT2D eigenvalue weighted by atomic mass is 10.3. The Morgan fingerprint density at radius 1 is 1.37 bits per heavy atom. The number of ether oxygens (including phenoxy) is 1. The van der Waals surface area contributed by atoms with Gasteiger partial charge in [0.1, 0.15) is 10.9 Å². The zero-order valence-electron chi connectivity index (χ0n) is 11.0. The number of amides is 1. The number of unbranched alkanes of at least 4 members (excludes halogenated alkanes) is 1. The van der Waals surface area contributed by atoms with Gasteiger partial charge >= 0.3 is 6.09 Å². The topological polar surface area (TPSA) is 59.9 Å². The van der Waals surface area contributed by atoms with Crippen LogP contribution in [0.4, 0.5) is 10.5 Å². The van der Waals surface area contributed by atoms with E-state index in [4.69, 9.17) is 16.3 Å². The van der Waals surface area contributed by atoms with Crippen LogP contribution in [0.2, 0.25) is 0 Å². The SMILES string of the molecule is CCCCOc1ccc(NC(=O)O/N=C(/C)Cl)cc1. The molecule has 1 aromatic carbocycles. The monoisotopic (exact) mass is 284 g/mol. The molecule has 0 unspecified atom stereocenters. The van der Waals surface area contributed by atoms with Crippen molar-refractivity contribution in [2.24, 2.45) is 5.16 Å². The highest BCUT2D eigenvalue weighted by Gasteiger charge is 2.03. The lowest BCUT2D eigenvalue weighted by Crippen LogP contribution is -2.11. The lowest BCUT2D eigenvalue weighted by molar-refractivity contribution is 0.167. The molecule has 0 aliphatic rings. The summed E-state index contributed by atoms with van der Waals surface area (Å²) in [6, 6.07) is 7.00. The van der Waals surface area contributed by atoms with Crippen LogP contribution in [0.25, 0.3) is 0 Å². The van der Waals surface area contributed by atoms with Crippen LogP contribution in [0.1, 0.15) is 26.7 Å². The summed E-state index contributed by atoms with van der Waals surface area (Å²) in [6.45, 7) is 4.30. The van der Waals surface area contributed by atoms with Gasteiger partial charge in [0.05, 0.1) is 6.61 Å². The molecule has 1 amide bonds. The van der Waals surface area contributed by atoms with E-state index in [0.29, 0.717) is 12.3 Å². The Bertz CT molecular complexity index is 428. The molecule has 0 bridgehead atoms. The Morgan fingerprint density at radius 2 is 2.05 bits per heavy atom. The molecule has 0 spiro atoms. The normalized spacial score (nSPS) is 11.0. The second-order valence-electron chi connectivity index (χ2n) is 3.82. The van der Waals surface area contributed by atoms with Crippen LogP contribution in [0.15, 0.2) is 29.4 Å². The lowest BCUT2D eigenvalue weighted by Gasteiger charge is -2.06. The molecular formula is C13H17ClN2O3. The molecule has 0 heterocycles. The van der Waals surface area contributed by atoms with Gasteiger partial charge in [-0.2, -0.15) is 0 Å². The number of rotatable bonds is 6. The highest BCUT2D eigenvalue weighted by molar-refractivity contribution is 6.64. The van der Waals surface area contributed by atoms with Gasteiger partial charge in [0.2, 0.25) is 0 Å². The first kappa shape index (κ1) is 15.3. The van der Waals surface area contributed by atoms with Crippen molar-refractivity contribution in [3.8, 4) is 5.75 Å². The maximum absolute atomic E-state index is 11.3. The molecule has 0 saturated carbocycles. The third-order valence-electron chi connectivity index (χ3n) is 2.12. The summed E-state index contributed by atoms with van der Waals surface area (Å²) in [5.41, 5.74) is 0.593. The second-order valence-corrected chi connectivity index (χ2v) is 4.37. The van der Waals surface area contributed by atoms with Crippen molar-refractivity contribution in [1.82, 2.24) is 0 Å². The summed E-state index contributed by atoms with van der Waals surface area (Å²) in [5, 5.41) is 5.99. The van der Waals surface area contributed by atoms with E-state index in [1.165, 1.54) is 6.92 Å². The predicted octanol–water partition coefficient (Wildman–Crippen LogP) is 3.99. The summed E-state index contributed by atoms with van der Waals surface area (Å²) < 4.78 is 5.50. The Hall–Kier alpha value is -1.75. The van der Waals surface area contributed by atoms with E-state index < -0.39 is 6.09 Å². The van der Waals surface area contributed by atoms with Crippen molar-refractivity contribution in [3.63, 3.8) is 0 Å². The molecule has 0 atom stereocenters. The van der Waals surface area contributed by atoms with E-state index in [9.17, 15) is 4.79 Å². The fourth-order valence-electron chi connectivity index (χ4n) is 1.21. The number of carbonyl (C=O) groups excluding carboxylic acids is 1. The molecule has 0 aliphatic carbocycles. The summed E-state index contributed by atoms with van der Waals surface area (Å²) in [7, 11) is 0. The van der Waals surface area contributed by atoms with E-state index in [1.807, 2.05) is 0 Å². The highest BCUT2D eigenvalue weighted by Crippen LogP contribution is 2.16. The minimum atomic E-state index is -0.695. The zero-order chi connectivity index (χ0) is 14.1. The van der Waals surface area contributed by atoms with Crippen molar-refractivity contribution in [2.45, 2.75) is 26.7 Å². The van der Waals surface area contributed by atoms with Crippen molar-refractivity contribution in [1.29, 1.82) is 0 Å². The number of halogens is 1. The number of nitrogens with one attached hydrogen (secondary N) is 1. The fraction of sp³-hybridized carbons (Fsp3) is 0.385. The molecular weight excluding hydrogens is 268 g/mol. The standard InChI is InChI=1S/C13H17ClN2O3/c1-3-4-9-18-12-7-5-11(6-8-12)15-13(17)19-16-10(2)14/h5-8H,3-4,9H2,1-2H3,(H,15,17)/b16-10-. The van der Waals surface area contributed by atoms with Crippen molar-refractivity contribution in [3.05, 3.63) is 24.3 Å². The van der Waals surface area contributed by atoms with E-state index >= 15 is 0 Å². The minimum absolute atomic E-state index is 0.148. The van der Waals surface area contributed by atoms with Crippen LogP contribution in [0, 0.1) is 0 Å². The van der Waals surface area contributed by atoms with Gasteiger partial charge in [0.15, 0.2) is 0 Å². The molecule has 19 heavy (non-hydrogen) atoms. The molecule has 1 N–H and O–H groups in total. The van der Waals surface area contributed by atoms with Crippen molar-refractivity contribution >= 4 is 28.6 Å². The molecule has 0 aromatic heterocycles. The van der Waals surface area contributed by atoms with E-state index in [-0.39, 0.29) is 5.17 Å². The van der Waals surface area contributed by atoms with Crippen LogP contribution in [-0.2, 0) is 4.84 Å². The van der Waals surface area contributed by atoms with Crippen LogP contribution in [0.3, 0.4) is 0 Å². The quantitative estimate of drug-likeness (QED) is 0.372. The maximum Gasteiger partial charge on any atom is 0.437 e. The number of anilines is 1.